The molecule has 0 unspecified atom stereocenters. The lowest BCUT2D eigenvalue weighted by molar-refractivity contribution is 0.0594. The molecule has 3 aromatic rings. The number of furan rings is 1. The van der Waals surface area contributed by atoms with Crippen LogP contribution >= 0.6 is 0 Å². The molecule has 4 rings (SSSR count). The molecular weight excluding hydrogens is 378 g/mol. The summed E-state index contributed by atoms with van der Waals surface area (Å²) in [7, 11) is 0. The Kier molecular flexibility index (Phi) is 6.14. The fourth-order valence-electron chi connectivity index (χ4n) is 3.76. The third-order valence-electron chi connectivity index (χ3n) is 5.43. The predicted molar refractivity (Wildman–Crippen MR) is 114 cm³/mol. The second-order valence-electron chi connectivity index (χ2n) is 7.71. The summed E-state index contributed by atoms with van der Waals surface area (Å²) in [5.74, 6) is 1.83. The highest BCUT2D eigenvalue weighted by molar-refractivity contribution is 5.91. The molecule has 2 aromatic heterocycles. The second kappa shape index (κ2) is 9.13. The van der Waals surface area contributed by atoms with E-state index >= 15 is 0 Å². The molecule has 1 aliphatic heterocycles. The van der Waals surface area contributed by atoms with Crippen molar-refractivity contribution in [2.45, 2.75) is 27.0 Å². The number of para-hydroxylation sites is 1. The van der Waals surface area contributed by atoms with E-state index in [1.165, 1.54) is 5.56 Å². The predicted octanol–water partition coefficient (Wildman–Crippen LogP) is 3.83. The Hall–Kier alpha value is -3.12. The van der Waals surface area contributed by atoms with Gasteiger partial charge in [-0.2, -0.15) is 0 Å². The van der Waals surface area contributed by atoms with Crippen molar-refractivity contribution in [3.8, 4) is 5.75 Å². The van der Waals surface area contributed by atoms with Crippen molar-refractivity contribution in [3.05, 3.63) is 83.1 Å². The number of hydrogen-bond donors (Lipinski definition) is 0. The zero-order chi connectivity index (χ0) is 20.9. The minimum atomic E-state index is -0.0608. The van der Waals surface area contributed by atoms with Crippen molar-refractivity contribution in [2.24, 2.45) is 0 Å². The Morgan fingerprint density at radius 2 is 1.80 bits per heavy atom. The van der Waals surface area contributed by atoms with E-state index in [0.29, 0.717) is 31.2 Å². The van der Waals surface area contributed by atoms with Gasteiger partial charge < -0.3 is 14.1 Å². The van der Waals surface area contributed by atoms with Gasteiger partial charge in [-0.1, -0.05) is 24.3 Å². The van der Waals surface area contributed by atoms with E-state index in [1.807, 2.05) is 55.3 Å². The number of benzene rings is 1. The lowest BCUT2D eigenvalue weighted by Gasteiger charge is -2.34. The maximum atomic E-state index is 12.8. The molecule has 156 valence electrons. The number of rotatable bonds is 6. The molecule has 1 saturated heterocycles. The second-order valence-corrected chi connectivity index (χ2v) is 7.71. The first kappa shape index (κ1) is 20.2. The monoisotopic (exact) mass is 405 g/mol. The third kappa shape index (κ3) is 4.71. The van der Waals surface area contributed by atoms with Crippen LogP contribution in [0.2, 0.25) is 0 Å². The van der Waals surface area contributed by atoms with Crippen molar-refractivity contribution < 1.29 is 13.9 Å². The summed E-state index contributed by atoms with van der Waals surface area (Å²) in [4.78, 5) is 21.2. The van der Waals surface area contributed by atoms with Gasteiger partial charge in [0.25, 0.3) is 5.91 Å². The molecule has 6 heteroatoms. The fraction of sp³-hybridized carbons (Fsp3) is 0.333. The molecule has 0 N–H and O–H groups in total. The van der Waals surface area contributed by atoms with Crippen molar-refractivity contribution in [2.75, 3.05) is 26.2 Å². The van der Waals surface area contributed by atoms with Gasteiger partial charge in [-0.15, -0.1) is 0 Å². The standard InChI is InChI=1S/C24H27N3O3/c1-18-5-3-6-19(2)23(18)29-17-21-8-9-22(30-21)24(28)27-13-11-26(12-14-27)16-20-7-4-10-25-15-20/h3-10,15H,11-14,16-17H2,1-2H3. The van der Waals surface area contributed by atoms with Gasteiger partial charge >= 0.3 is 0 Å². The number of aromatic nitrogens is 1. The Bertz CT molecular complexity index is 972. The van der Waals surface area contributed by atoms with Crippen LogP contribution in [0.15, 0.2) is 59.3 Å². The zero-order valence-corrected chi connectivity index (χ0v) is 17.5. The SMILES string of the molecule is Cc1cccc(C)c1OCc1ccc(C(=O)N2CCN(Cc3cccnc3)CC2)o1. The van der Waals surface area contributed by atoms with Crippen LogP contribution in [0.4, 0.5) is 0 Å². The van der Waals surface area contributed by atoms with E-state index in [2.05, 4.69) is 16.0 Å². The number of aryl methyl sites for hydroxylation is 2. The van der Waals surface area contributed by atoms with E-state index in [4.69, 9.17) is 9.15 Å². The molecule has 1 amide bonds. The Balaban J connectivity index is 1.30. The number of ether oxygens (including phenoxy) is 1. The van der Waals surface area contributed by atoms with Gasteiger partial charge in [0.1, 0.15) is 18.1 Å². The quantitative estimate of drug-likeness (QED) is 0.624. The average molecular weight is 405 g/mol. The summed E-state index contributed by atoms with van der Waals surface area (Å²) in [5, 5.41) is 0. The highest BCUT2D eigenvalue weighted by Gasteiger charge is 2.24. The van der Waals surface area contributed by atoms with Crippen LogP contribution < -0.4 is 4.74 Å². The van der Waals surface area contributed by atoms with Gasteiger partial charge in [0.05, 0.1) is 0 Å². The molecule has 0 saturated carbocycles. The van der Waals surface area contributed by atoms with Gasteiger partial charge in [0, 0.05) is 45.1 Å². The molecular formula is C24H27N3O3. The van der Waals surface area contributed by atoms with E-state index < -0.39 is 0 Å². The van der Waals surface area contributed by atoms with Gasteiger partial charge in [-0.05, 0) is 48.7 Å². The van der Waals surface area contributed by atoms with Crippen LogP contribution in [-0.4, -0.2) is 46.9 Å². The number of pyridine rings is 1. The number of carbonyl (C=O) groups is 1. The zero-order valence-electron chi connectivity index (χ0n) is 17.5. The molecule has 1 aliphatic rings. The van der Waals surface area contributed by atoms with Crippen molar-refractivity contribution in [3.63, 3.8) is 0 Å². The molecule has 0 atom stereocenters. The molecule has 6 nitrogen and oxygen atoms in total. The molecule has 0 spiro atoms. The summed E-state index contributed by atoms with van der Waals surface area (Å²) in [5.41, 5.74) is 3.36. The van der Waals surface area contributed by atoms with E-state index in [9.17, 15) is 4.79 Å². The largest absolute Gasteiger partial charge is 0.485 e. The lowest BCUT2D eigenvalue weighted by atomic mass is 10.1. The van der Waals surface area contributed by atoms with E-state index in [0.717, 1.165) is 36.5 Å². The maximum Gasteiger partial charge on any atom is 0.289 e. The lowest BCUT2D eigenvalue weighted by Crippen LogP contribution is -2.48. The Labute approximate surface area is 177 Å². The first-order chi connectivity index (χ1) is 14.6. The van der Waals surface area contributed by atoms with Crippen LogP contribution in [0.3, 0.4) is 0 Å². The van der Waals surface area contributed by atoms with Gasteiger partial charge in [0.15, 0.2) is 5.76 Å². The van der Waals surface area contributed by atoms with Crippen LogP contribution in [-0.2, 0) is 13.2 Å². The highest BCUT2D eigenvalue weighted by atomic mass is 16.5. The highest BCUT2D eigenvalue weighted by Crippen LogP contribution is 2.24. The van der Waals surface area contributed by atoms with Crippen LogP contribution in [0.1, 0.15) is 33.0 Å². The normalized spacial score (nSPS) is 14.7. The van der Waals surface area contributed by atoms with Gasteiger partial charge in [-0.25, -0.2) is 0 Å². The van der Waals surface area contributed by atoms with Gasteiger partial charge in [0.2, 0.25) is 0 Å². The van der Waals surface area contributed by atoms with Crippen LogP contribution in [0.25, 0.3) is 0 Å². The molecule has 0 radical (unpaired) electrons. The summed E-state index contributed by atoms with van der Waals surface area (Å²) in [6.45, 7) is 8.25. The summed E-state index contributed by atoms with van der Waals surface area (Å²) < 4.78 is 11.7. The number of hydrogen-bond acceptors (Lipinski definition) is 5. The fourth-order valence-corrected chi connectivity index (χ4v) is 3.76. The Morgan fingerprint density at radius 3 is 2.50 bits per heavy atom. The van der Waals surface area contributed by atoms with Crippen LogP contribution in [0, 0.1) is 13.8 Å². The number of amides is 1. The topological polar surface area (TPSA) is 58.8 Å². The maximum absolute atomic E-state index is 12.8. The molecule has 1 aromatic carbocycles. The molecule has 1 fully saturated rings. The Morgan fingerprint density at radius 1 is 1.03 bits per heavy atom. The number of carbonyl (C=O) groups excluding carboxylic acids is 1. The third-order valence-corrected chi connectivity index (χ3v) is 5.43. The van der Waals surface area contributed by atoms with E-state index in [-0.39, 0.29) is 5.91 Å². The van der Waals surface area contributed by atoms with E-state index in [1.54, 1.807) is 12.3 Å². The van der Waals surface area contributed by atoms with Crippen LogP contribution in [0.5, 0.6) is 5.75 Å². The smallest absolute Gasteiger partial charge is 0.289 e. The first-order valence-electron chi connectivity index (χ1n) is 10.3. The minimum absolute atomic E-state index is 0.0608. The minimum Gasteiger partial charge on any atom is -0.485 e. The molecule has 3 heterocycles. The summed E-state index contributed by atoms with van der Waals surface area (Å²) in [6, 6.07) is 13.6. The van der Waals surface area contributed by atoms with Crippen molar-refractivity contribution in [1.82, 2.24) is 14.8 Å². The first-order valence-corrected chi connectivity index (χ1v) is 10.3. The number of piperazine rings is 1. The summed E-state index contributed by atoms with van der Waals surface area (Å²) in [6.07, 6.45) is 3.67. The molecule has 30 heavy (non-hydrogen) atoms. The molecule has 0 bridgehead atoms. The van der Waals surface area contributed by atoms with Gasteiger partial charge in [-0.3, -0.25) is 14.7 Å². The number of nitrogens with zero attached hydrogens (tertiary/aromatic N) is 3. The molecule has 0 aliphatic carbocycles. The average Bonchev–Trinajstić information content (AvgIpc) is 3.23. The van der Waals surface area contributed by atoms with Crippen molar-refractivity contribution >= 4 is 5.91 Å². The summed E-state index contributed by atoms with van der Waals surface area (Å²) >= 11 is 0. The van der Waals surface area contributed by atoms with Crippen molar-refractivity contribution in [1.29, 1.82) is 0 Å².